The van der Waals surface area contributed by atoms with Crippen LogP contribution in [0.3, 0.4) is 0 Å². The molecule has 10 N–H and O–H groups in total. The van der Waals surface area contributed by atoms with E-state index in [9.17, 15) is 74.8 Å². The quantitative estimate of drug-likeness (QED) is 0.0179. The van der Waals surface area contributed by atoms with Gasteiger partial charge in [0.2, 0.25) is 17.7 Å². The van der Waals surface area contributed by atoms with Gasteiger partial charge in [-0.15, -0.1) is 5.11 Å². The lowest BCUT2D eigenvalue weighted by atomic mass is 10.00. The molecule has 0 radical (unpaired) electrons. The monoisotopic (exact) mass is 1110 g/mol. The summed E-state index contributed by atoms with van der Waals surface area (Å²) >= 11 is 0. The van der Waals surface area contributed by atoms with Crippen LogP contribution in [-0.4, -0.2) is 180 Å². The maximum Gasteiger partial charge on any atom is 0.317 e. The number of hydrogen-bond acceptors (Lipinski definition) is 18. The molecule has 0 spiro atoms. The fourth-order valence-corrected chi connectivity index (χ4v) is 10.1. The van der Waals surface area contributed by atoms with Crippen molar-refractivity contribution in [2.75, 3.05) is 83.0 Å². The van der Waals surface area contributed by atoms with Gasteiger partial charge in [-0.25, -0.2) is 0 Å². The van der Waals surface area contributed by atoms with Crippen LogP contribution in [0.4, 0.5) is 22.7 Å². The van der Waals surface area contributed by atoms with E-state index >= 15 is 0 Å². The van der Waals surface area contributed by atoms with Crippen molar-refractivity contribution < 1.29 is 74.8 Å². The minimum atomic E-state index is -5.12. The molecule has 1 saturated heterocycles. The number of phenolic OH excluding ortho intramolecular Hbond substituents is 1. The summed E-state index contributed by atoms with van der Waals surface area (Å²) < 4.78 is 67.7. The average Bonchev–Trinajstić information content (AvgIpc) is 3.70. The van der Waals surface area contributed by atoms with E-state index in [1.807, 2.05) is 6.07 Å². The smallest absolute Gasteiger partial charge is 0.317 e. The van der Waals surface area contributed by atoms with Gasteiger partial charge in [0, 0.05) is 82.0 Å². The van der Waals surface area contributed by atoms with Gasteiger partial charge in [0.05, 0.1) is 36.4 Å². The molecule has 26 nitrogen and oxygen atoms in total. The van der Waals surface area contributed by atoms with Gasteiger partial charge in [-0.3, -0.25) is 62.3 Å². The third-order valence-corrected chi connectivity index (χ3v) is 14.5. The summed E-state index contributed by atoms with van der Waals surface area (Å²) in [6.45, 7) is 4.62. The number of anilines is 2. The van der Waals surface area contributed by atoms with Gasteiger partial charge in [0.15, 0.2) is 5.75 Å². The lowest BCUT2D eigenvalue weighted by Gasteiger charge is -2.26. The van der Waals surface area contributed by atoms with E-state index in [2.05, 4.69) is 26.2 Å². The summed E-state index contributed by atoms with van der Waals surface area (Å²) in [5.74, 6) is -5.34. The van der Waals surface area contributed by atoms with E-state index < -0.39 is 88.5 Å². The number of fused-ring (bicyclic) bond motifs is 1. The predicted octanol–water partition coefficient (Wildman–Crippen LogP) is 2.43. The average molecular weight is 1110 g/mol. The maximum atomic E-state index is 14.1. The largest absolute Gasteiger partial charge is 0.505 e. The molecule has 2 heterocycles. The highest BCUT2D eigenvalue weighted by molar-refractivity contribution is 7.87. The molecule has 77 heavy (non-hydrogen) atoms. The highest BCUT2D eigenvalue weighted by Crippen LogP contribution is 2.44. The number of amides is 5. The van der Waals surface area contributed by atoms with Crippen LogP contribution in [0.15, 0.2) is 86.8 Å². The number of nitrogens with zero attached hydrogens (tertiary/aromatic N) is 6. The van der Waals surface area contributed by atoms with Crippen molar-refractivity contribution in [1.29, 1.82) is 0 Å². The van der Waals surface area contributed by atoms with Crippen LogP contribution in [-0.2, 0) is 53.8 Å². The summed E-state index contributed by atoms with van der Waals surface area (Å²) in [7, 11) is -10.2. The number of carbonyl (C=O) groups is 7. The van der Waals surface area contributed by atoms with Gasteiger partial charge in [-0.05, 0) is 91.8 Å². The number of phenols is 1. The molecule has 2 aliphatic rings. The summed E-state index contributed by atoms with van der Waals surface area (Å²) in [6.07, 6.45) is 3.06. The molecule has 0 saturated carbocycles. The molecule has 2 aliphatic heterocycles. The minimum Gasteiger partial charge on any atom is -0.505 e. The van der Waals surface area contributed by atoms with Gasteiger partial charge < -0.3 is 37.0 Å². The van der Waals surface area contributed by atoms with Crippen molar-refractivity contribution in [2.24, 2.45) is 10.2 Å². The highest BCUT2D eigenvalue weighted by Gasteiger charge is 2.29. The zero-order valence-electron chi connectivity index (χ0n) is 41.8. The number of aliphatic carboxylic acids is 2. The number of carbonyl (C=O) groups excluding carboxylic acids is 5. The van der Waals surface area contributed by atoms with Crippen LogP contribution in [0.2, 0.25) is 0 Å². The number of rotatable bonds is 22. The fraction of sp³-hybridized carbons (Fsp3) is 0.367. The van der Waals surface area contributed by atoms with Crippen LogP contribution >= 0.6 is 0 Å². The van der Waals surface area contributed by atoms with Crippen LogP contribution in [0.1, 0.15) is 36.8 Å². The van der Waals surface area contributed by atoms with E-state index in [-0.39, 0.29) is 88.7 Å². The van der Waals surface area contributed by atoms with Gasteiger partial charge in [0.25, 0.3) is 32.1 Å². The summed E-state index contributed by atoms with van der Waals surface area (Å²) in [4.78, 5) is 91.2. The normalized spacial score (nSPS) is 15.6. The van der Waals surface area contributed by atoms with Crippen molar-refractivity contribution in [3.05, 3.63) is 77.9 Å². The van der Waals surface area contributed by atoms with E-state index in [0.717, 1.165) is 34.2 Å². The van der Waals surface area contributed by atoms with Crippen molar-refractivity contribution in [2.45, 2.75) is 55.4 Å². The number of unbranched alkanes of at least 4 members (excludes halogenated alkanes) is 1. The van der Waals surface area contributed by atoms with Gasteiger partial charge in [-0.2, -0.15) is 21.9 Å². The molecule has 4 aromatic rings. The Bertz CT molecular complexity index is 3230. The van der Waals surface area contributed by atoms with Crippen molar-refractivity contribution in [1.82, 2.24) is 30.2 Å². The van der Waals surface area contributed by atoms with Gasteiger partial charge in [0.1, 0.15) is 21.5 Å². The lowest BCUT2D eigenvalue weighted by Crippen LogP contribution is -2.49. The Hall–Kier alpha value is -7.73. The molecule has 5 amide bonds. The SMILES string of the molecule is Cc1cc(-c2ccc(NC(=O)[C@@H](CCCCNC(=O)CCN3C(=O)C=CC3=O)NC(=O)CN3CCN(CC(=O)O)CCN(CC(=O)O)CC3)c(C)c2)ccc1N=Nc1ccc2c(S(=O)(=O)O)cc(S(=O)(=O)O)c(N)c2c1O. The summed E-state index contributed by atoms with van der Waals surface area (Å²) in [5, 5.41) is 45.9. The first-order valence-corrected chi connectivity index (χ1v) is 26.8. The number of benzene rings is 4. The molecular formula is C49H58N10O16S2. The van der Waals surface area contributed by atoms with E-state index in [1.165, 1.54) is 6.07 Å². The zero-order valence-corrected chi connectivity index (χ0v) is 43.5. The first-order valence-electron chi connectivity index (χ1n) is 24.0. The molecule has 1 atom stereocenters. The van der Waals surface area contributed by atoms with Gasteiger partial charge >= 0.3 is 11.9 Å². The number of carboxylic acid groups (broad SMARTS) is 2. The molecule has 4 aromatic carbocycles. The van der Waals surface area contributed by atoms with Crippen LogP contribution in [0.5, 0.6) is 5.75 Å². The predicted molar refractivity (Wildman–Crippen MR) is 278 cm³/mol. The third-order valence-electron chi connectivity index (χ3n) is 12.7. The second-order valence-corrected chi connectivity index (χ2v) is 21.1. The van der Waals surface area contributed by atoms with Crippen LogP contribution in [0.25, 0.3) is 21.9 Å². The molecule has 0 aromatic heterocycles. The van der Waals surface area contributed by atoms with Crippen molar-refractivity contribution in [3.63, 3.8) is 0 Å². The number of imide groups is 1. The first kappa shape index (κ1) is 58.5. The number of azo groups is 1. The number of nitrogens with one attached hydrogen (secondary N) is 3. The van der Waals surface area contributed by atoms with E-state index in [0.29, 0.717) is 54.5 Å². The molecule has 1 fully saturated rings. The lowest BCUT2D eigenvalue weighted by molar-refractivity contribution is -0.140. The fourth-order valence-electron chi connectivity index (χ4n) is 8.63. The zero-order chi connectivity index (χ0) is 56.4. The highest BCUT2D eigenvalue weighted by atomic mass is 32.2. The molecular weight excluding hydrogens is 1050 g/mol. The minimum absolute atomic E-state index is 0.0856. The third kappa shape index (κ3) is 15.9. The number of carboxylic acids is 2. The molecule has 6 rings (SSSR count). The number of nitrogens with two attached hydrogens (primary N) is 1. The topological polar surface area (TPSA) is 389 Å². The Morgan fingerprint density at radius 3 is 1.77 bits per heavy atom. The number of hydrogen-bond donors (Lipinski definition) is 9. The Morgan fingerprint density at radius 2 is 1.22 bits per heavy atom. The Morgan fingerprint density at radius 1 is 0.688 bits per heavy atom. The number of aromatic hydroxyl groups is 1. The summed E-state index contributed by atoms with van der Waals surface area (Å²) in [5.41, 5.74) is 8.46. The summed E-state index contributed by atoms with van der Waals surface area (Å²) in [6, 6.07) is 12.1. The van der Waals surface area contributed by atoms with E-state index in [1.54, 1.807) is 58.9 Å². The standard InChI is InChI=1S/C49H58N10O16S2/c1-29-23-31(32-7-10-35(30(2)24-32)54-55-36-11-8-33-38(76(70,71)72)25-39(77(73,74)75)47(50)46(33)48(36)68)6-9-34(29)53-49(69)37(5-3-4-15-51-40(60)14-16-59-42(62)12-13-43(59)63)52-41(61)26-56-17-19-57(27-44(64)65)21-22-58(20-18-56)28-45(66)67/h6-13,23-25,37,68H,3-5,14-22,26-28,50H2,1-2H3,(H,51,60)(H,52,61)(H,53,69)(H,64,65)(H,66,67)(H,70,71,72)(H,73,74,75)/t37-/m1/s1. The molecule has 28 heteroatoms. The van der Waals surface area contributed by atoms with Crippen molar-refractivity contribution in [3.8, 4) is 16.9 Å². The van der Waals surface area contributed by atoms with E-state index in [4.69, 9.17) is 5.73 Å². The molecule has 412 valence electrons. The Labute approximate surface area is 442 Å². The second kappa shape index (κ2) is 25.4. The number of nitrogen functional groups attached to an aromatic ring is 1. The Kier molecular flexibility index (Phi) is 19.3. The first-order chi connectivity index (χ1) is 36.3. The second-order valence-electron chi connectivity index (χ2n) is 18.3. The van der Waals surface area contributed by atoms with Crippen molar-refractivity contribution >= 4 is 95.2 Å². The van der Waals surface area contributed by atoms with Gasteiger partial charge in [-0.1, -0.05) is 18.2 Å². The molecule has 0 unspecified atom stereocenters. The molecule has 0 bridgehead atoms. The Balaban J connectivity index is 1.15. The van der Waals surface area contributed by atoms with Crippen LogP contribution in [0, 0.1) is 13.8 Å². The maximum absolute atomic E-state index is 14.1. The number of aryl methyl sites for hydroxylation is 2. The van der Waals surface area contributed by atoms with Crippen LogP contribution < -0.4 is 21.7 Å². The molecule has 0 aliphatic carbocycles.